The van der Waals surface area contributed by atoms with Crippen LogP contribution < -0.4 is 10.6 Å². The number of carbonyl (C=O) groups is 2. The molecule has 0 atom stereocenters. The van der Waals surface area contributed by atoms with Crippen LogP contribution >= 0.6 is 22.6 Å². The van der Waals surface area contributed by atoms with Gasteiger partial charge in [-0.25, -0.2) is 0 Å². The number of nitrogens with zero attached hydrogens (tertiary/aromatic N) is 1. The van der Waals surface area contributed by atoms with Crippen molar-refractivity contribution in [2.24, 2.45) is 0 Å². The summed E-state index contributed by atoms with van der Waals surface area (Å²) >= 11 is 2.12. The molecule has 124 valence electrons. The van der Waals surface area contributed by atoms with Crippen LogP contribution in [0.4, 0.5) is 11.4 Å². The first-order chi connectivity index (χ1) is 12.1. The van der Waals surface area contributed by atoms with E-state index in [1.165, 1.54) is 6.20 Å². The fraction of sp³-hybridized carbons (Fsp3) is 0. The predicted octanol–water partition coefficient (Wildman–Crippen LogP) is 4.19. The maximum Gasteiger partial charge on any atom is 0.257 e. The number of carbonyl (C=O) groups excluding carboxylic acids is 2. The minimum atomic E-state index is -0.288. The highest BCUT2D eigenvalue weighted by molar-refractivity contribution is 14.1. The zero-order valence-electron chi connectivity index (χ0n) is 13.1. The van der Waals surface area contributed by atoms with Crippen molar-refractivity contribution in [3.8, 4) is 0 Å². The molecule has 3 rings (SSSR count). The summed E-state index contributed by atoms with van der Waals surface area (Å²) in [5, 5.41) is 5.65. The lowest BCUT2D eigenvalue weighted by atomic mass is 10.2. The van der Waals surface area contributed by atoms with Crippen molar-refractivity contribution in [2.45, 2.75) is 0 Å². The van der Waals surface area contributed by atoms with Crippen LogP contribution in [0.3, 0.4) is 0 Å². The van der Waals surface area contributed by atoms with Gasteiger partial charge in [0, 0.05) is 16.0 Å². The first kappa shape index (κ1) is 17.1. The Bertz CT molecular complexity index is 913. The number of anilines is 2. The number of aromatic nitrogens is 1. The molecule has 5 nitrogen and oxygen atoms in total. The summed E-state index contributed by atoms with van der Waals surface area (Å²) in [6.07, 6.45) is 3.09. The number of pyridine rings is 1. The normalized spacial score (nSPS) is 10.1. The fourth-order valence-electron chi connectivity index (χ4n) is 2.23. The van der Waals surface area contributed by atoms with E-state index in [0.29, 0.717) is 22.5 Å². The molecule has 0 bridgehead atoms. The van der Waals surface area contributed by atoms with Gasteiger partial charge in [-0.3, -0.25) is 14.6 Å². The third-order valence-corrected chi connectivity index (χ3v) is 4.41. The van der Waals surface area contributed by atoms with E-state index in [1.807, 2.05) is 18.2 Å². The van der Waals surface area contributed by atoms with Crippen molar-refractivity contribution in [1.29, 1.82) is 0 Å². The van der Waals surface area contributed by atoms with Crippen molar-refractivity contribution in [2.75, 3.05) is 10.6 Å². The molecule has 25 heavy (non-hydrogen) atoms. The Morgan fingerprint density at radius 3 is 2.08 bits per heavy atom. The van der Waals surface area contributed by atoms with Crippen LogP contribution in [-0.2, 0) is 0 Å². The Hall–Kier alpha value is -2.74. The number of nitrogens with one attached hydrogen (secondary N) is 2. The second-order valence-corrected chi connectivity index (χ2v) is 6.34. The smallest absolute Gasteiger partial charge is 0.257 e. The third kappa shape index (κ3) is 4.21. The fourth-order valence-corrected chi connectivity index (χ4v) is 2.86. The minimum absolute atomic E-state index is 0.229. The molecular weight excluding hydrogens is 429 g/mol. The van der Waals surface area contributed by atoms with E-state index in [1.54, 1.807) is 48.7 Å². The van der Waals surface area contributed by atoms with E-state index in [4.69, 9.17) is 0 Å². The number of amides is 2. The predicted molar refractivity (Wildman–Crippen MR) is 106 cm³/mol. The monoisotopic (exact) mass is 443 g/mol. The molecule has 0 unspecified atom stereocenters. The molecule has 0 spiro atoms. The second kappa shape index (κ2) is 7.89. The molecule has 6 heteroatoms. The van der Waals surface area contributed by atoms with Crippen LogP contribution in [0.2, 0.25) is 0 Å². The molecule has 0 saturated heterocycles. The number of benzene rings is 2. The van der Waals surface area contributed by atoms with Gasteiger partial charge in [-0.2, -0.15) is 0 Å². The van der Waals surface area contributed by atoms with Gasteiger partial charge in [-0.1, -0.05) is 24.3 Å². The molecule has 1 heterocycles. The summed E-state index contributed by atoms with van der Waals surface area (Å²) in [7, 11) is 0. The lowest BCUT2D eigenvalue weighted by molar-refractivity contribution is 0.101. The lowest BCUT2D eigenvalue weighted by Crippen LogP contribution is -2.17. The molecule has 0 saturated carbocycles. The van der Waals surface area contributed by atoms with Gasteiger partial charge < -0.3 is 10.6 Å². The molecule has 0 aliphatic rings. The van der Waals surface area contributed by atoms with Crippen LogP contribution in [0, 0.1) is 3.57 Å². The number of hydrogen-bond acceptors (Lipinski definition) is 3. The average Bonchev–Trinajstić information content (AvgIpc) is 2.64. The van der Waals surface area contributed by atoms with Gasteiger partial charge >= 0.3 is 0 Å². The van der Waals surface area contributed by atoms with Crippen LogP contribution in [0.15, 0.2) is 73.1 Å². The molecule has 0 aliphatic heterocycles. The van der Waals surface area contributed by atoms with Gasteiger partial charge in [-0.15, -0.1) is 0 Å². The van der Waals surface area contributed by atoms with Crippen molar-refractivity contribution in [3.05, 3.63) is 87.8 Å². The van der Waals surface area contributed by atoms with Gasteiger partial charge in [0.05, 0.1) is 22.5 Å². The Kier molecular flexibility index (Phi) is 5.39. The standard InChI is InChI=1S/C19H14IN3O2/c20-15-8-2-1-7-14(15)19(25)23-17-10-4-3-9-16(17)22-18(24)13-6-5-11-21-12-13/h1-12H,(H,22,24)(H,23,25). The SMILES string of the molecule is O=C(Nc1ccccc1NC(=O)c1ccccc1I)c1cccnc1. The van der Waals surface area contributed by atoms with E-state index in [2.05, 4.69) is 38.2 Å². The Labute approximate surface area is 158 Å². The van der Waals surface area contributed by atoms with Gasteiger partial charge in [0.25, 0.3) is 11.8 Å². The molecule has 1 aromatic heterocycles. The van der Waals surface area contributed by atoms with E-state index in [-0.39, 0.29) is 11.8 Å². The molecule has 2 N–H and O–H groups in total. The van der Waals surface area contributed by atoms with Crippen molar-refractivity contribution in [1.82, 2.24) is 4.98 Å². The van der Waals surface area contributed by atoms with Gasteiger partial charge in [0.1, 0.15) is 0 Å². The molecule has 2 amide bonds. The van der Waals surface area contributed by atoms with E-state index >= 15 is 0 Å². The topological polar surface area (TPSA) is 71.1 Å². The first-order valence-corrected chi connectivity index (χ1v) is 8.59. The number of halogens is 1. The van der Waals surface area contributed by atoms with Crippen molar-refractivity contribution >= 4 is 45.8 Å². The molecule has 0 aliphatic carbocycles. The largest absolute Gasteiger partial charge is 0.320 e. The van der Waals surface area contributed by atoms with Crippen LogP contribution in [-0.4, -0.2) is 16.8 Å². The summed E-state index contributed by atoms with van der Waals surface area (Å²) in [6.45, 7) is 0. The highest BCUT2D eigenvalue weighted by Gasteiger charge is 2.13. The summed E-state index contributed by atoms with van der Waals surface area (Å²) in [4.78, 5) is 28.8. The molecule has 0 radical (unpaired) electrons. The van der Waals surface area contributed by atoms with E-state index < -0.39 is 0 Å². The second-order valence-electron chi connectivity index (χ2n) is 5.18. The van der Waals surface area contributed by atoms with Gasteiger partial charge in [0.2, 0.25) is 0 Å². The van der Waals surface area contributed by atoms with E-state index in [9.17, 15) is 9.59 Å². The summed E-state index contributed by atoms with van der Waals surface area (Å²) in [5.74, 6) is -0.517. The quantitative estimate of drug-likeness (QED) is 0.595. The van der Waals surface area contributed by atoms with Gasteiger partial charge in [-0.05, 0) is 59.0 Å². The van der Waals surface area contributed by atoms with Crippen molar-refractivity contribution < 1.29 is 9.59 Å². The summed E-state index contributed by atoms with van der Waals surface area (Å²) in [6, 6.07) is 17.8. The zero-order valence-corrected chi connectivity index (χ0v) is 15.2. The minimum Gasteiger partial charge on any atom is -0.320 e. The van der Waals surface area contributed by atoms with Crippen molar-refractivity contribution in [3.63, 3.8) is 0 Å². The Balaban J connectivity index is 1.81. The van der Waals surface area contributed by atoms with Crippen LogP contribution in [0.1, 0.15) is 20.7 Å². The number of rotatable bonds is 4. The van der Waals surface area contributed by atoms with Crippen LogP contribution in [0.25, 0.3) is 0 Å². The summed E-state index contributed by atoms with van der Waals surface area (Å²) in [5.41, 5.74) is 2.08. The van der Waals surface area contributed by atoms with Crippen LogP contribution in [0.5, 0.6) is 0 Å². The van der Waals surface area contributed by atoms with Gasteiger partial charge in [0.15, 0.2) is 0 Å². The first-order valence-electron chi connectivity index (χ1n) is 7.51. The maximum atomic E-state index is 12.5. The lowest BCUT2D eigenvalue weighted by Gasteiger charge is -2.13. The molecule has 0 fully saturated rings. The Morgan fingerprint density at radius 2 is 1.44 bits per heavy atom. The van der Waals surface area contributed by atoms with E-state index in [0.717, 1.165) is 3.57 Å². The Morgan fingerprint density at radius 1 is 0.800 bits per heavy atom. The highest BCUT2D eigenvalue weighted by Crippen LogP contribution is 2.23. The molecule has 2 aromatic carbocycles. The maximum absolute atomic E-state index is 12.5. The molecular formula is C19H14IN3O2. The average molecular weight is 443 g/mol. The molecule has 3 aromatic rings. The zero-order chi connectivity index (χ0) is 17.6. The number of para-hydroxylation sites is 2. The highest BCUT2D eigenvalue weighted by atomic mass is 127. The number of hydrogen-bond donors (Lipinski definition) is 2. The summed E-state index contributed by atoms with van der Waals surface area (Å²) < 4.78 is 0.856. The third-order valence-electron chi connectivity index (χ3n) is 3.47.